The predicted octanol–water partition coefficient (Wildman–Crippen LogP) is 7.77. The average molecular weight is 400 g/mol. The van der Waals surface area contributed by atoms with Crippen molar-refractivity contribution in [2.24, 2.45) is 0 Å². The molecule has 0 saturated carbocycles. The third-order valence-corrected chi connectivity index (χ3v) is 4.70. The molecule has 0 fully saturated rings. The third-order valence-electron chi connectivity index (χ3n) is 4.70. The van der Waals surface area contributed by atoms with Crippen LogP contribution in [0.1, 0.15) is 36.1 Å². The molecule has 4 aromatic rings. The molecule has 0 nitrogen and oxygen atoms in total. The summed E-state index contributed by atoms with van der Waals surface area (Å²) in [4.78, 5) is 3.25. The molecule has 0 spiro atoms. The van der Waals surface area contributed by atoms with E-state index in [2.05, 4.69) is 104 Å². The van der Waals surface area contributed by atoms with E-state index in [0.717, 1.165) is 0 Å². The Hall–Kier alpha value is -2.28. The Morgan fingerprint density at radius 2 is 1.11 bits per heavy atom. The average Bonchev–Trinajstić information content (AvgIpc) is 3.30. The molecule has 4 rings (SSSR count). The second-order valence-electron chi connectivity index (χ2n) is 6.73. The Balaban J connectivity index is 0.000000184. The molecule has 140 valence electrons. The first-order valence-electron chi connectivity index (χ1n) is 9.55. The molecule has 0 bridgehead atoms. The summed E-state index contributed by atoms with van der Waals surface area (Å²) in [5.41, 5.74) is 5.31. The van der Waals surface area contributed by atoms with Crippen LogP contribution < -0.4 is 0 Å². The van der Waals surface area contributed by atoms with E-state index >= 15 is 0 Å². The van der Waals surface area contributed by atoms with Crippen LogP contribution in [0.4, 0.5) is 0 Å². The number of fused-ring (bicyclic) bond motifs is 2. The van der Waals surface area contributed by atoms with Crippen LogP contribution in [0.3, 0.4) is 0 Å². The van der Waals surface area contributed by atoms with Crippen LogP contribution in [0.15, 0.2) is 72.8 Å². The SMILES string of the molecule is CC=Cc1cc2c(C)cccc2[cH-]1.CC=Cc1cc2c(C)cccc2[cH-]1.[CH2]=[Ti+2]. The summed E-state index contributed by atoms with van der Waals surface area (Å²) in [5, 5.41) is 5.42. The van der Waals surface area contributed by atoms with Gasteiger partial charge in [0, 0.05) is 0 Å². The van der Waals surface area contributed by atoms with E-state index < -0.39 is 0 Å². The van der Waals surface area contributed by atoms with E-state index in [0.29, 0.717) is 0 Å². The van der Waals surface area contributed by atoms with Gasteiger partial charge in [0.05, 0.1) is 0 Å². The number of hydrogen-bond acceptors (Lipinski definition) is 0. The van der Waals surface area contributed by atoms with E-state index in [1.165, 1.54) is 43.8 Å². The van der Waals surface area contributed by atoms with Crippen molar-refractivity contribution in [2.75, 3.05) is 0 Å². The fourth-order valence-electron chi connectivity index (χ4n) is 3.41. The Morgan fingerprint density at radius 1 is 0.714 bits per heavy atom. The molecule has 0 aliphatic rings. The zero-order chi connectivity index (χ0) is 20.5. The van der Waals surface area contributed by atoms with Crippen LogP contribution in [0.5, 0.6) is 0 Å². The van der Waals surface area contributed by atoms with Gasteiger partial charge in [-0.05, 0) is 13.8 Å². The second-order valence-corrected chi connectivity index (χ2v) is 6.73. The van der Waals surface area contributed by atoms with Gasteiger partial charge < -0.3 is 0 Å². The van der Waals surface area contributed by atoms with Gasteiger partial charge in [-0.2, -0.15) is 0 Å². The van der Waals surface area contributed by atoms with Crippen LogP contribution in [-0.4, -0.2) is 4.82 Å². The van der Waals surface area contributed by atoms with Gasteiger partial charge in [0.25, 0.3) is 0 Å². The van der Waals surface area contributed by atoms with Gasteiger partial charge in [0.15, 0.2) is 0 Å². The van der Waals surface area contributed by atoms with Gasteiger partial charge >= 0.3 is 24.8 Å². The minimum absolute atomic E-state index is 1.30. The molecular weight excluding hydrogens is 372 g/mol. The normalized spacial score (nSPS) is 10.9. The van der Waals surface area contributed by atoms with Crippen molar-refractivity contribution >= 4 is 38.5 Å². The summed E-state index contributed by atoms with van der Waals surface area (Å²) in [6.45, 7) is 8.40. The molecule has 0 atom stereocenters. The predicted molar refractivity (Wildman–Crippen MR) is 125 cm³/mol. The van der Waals surface area contributed by atoms with E-state index in [1.54, 1.807) is 20.0 Å². The van der Waals surface area contributed by atoms with Gasteiger partial charge in [-0.3, -0.25) is 0 Å². The molecule has 0 unspecified atom stereocenters. The van der Waals surface area contributed by atoms with Gasteiger partial charge in [-0.1, -0.05) is 49.2 Å². The fourth-order valence-corrected chi connectivity index (χ4v) is 3.41. The van der Waals surface area contributed by atoms with Crippen LogP contribution in [0.2, 0.25) is 0 Å². The van der Waals surface area contributed by atoms with E-state index in [1.807, 2.05) is 13.8 Å². The maximum atomic E-state index is 3.25. The van der Waals surface area contributed by atoms with Crippen molar-refractivity contribution in [1.29, 1.82) is 0 Å². The van der Waals surface area contributed by atoms with Crippen molar-refractivity contribution < 1.29 is 20.0 Å². The number of allylic oxidation sites excluding steroid dienone is 2. The molecule has 1 heteroatoms. The Labute approximate surface area is 180 Å². The molecule has 0 radical (unpaired) electrons. The van der Waals surface area contributed by atoms with Crippen LogP contribution in [0.25, 0.3) is 33.7 Å². The zero-order valence-corrected chi connectivity index (χ0v) is 18.9. The summed E-state index contributed by atoms with van der Waals surface area (Å²) in [6.07, 6.45) is 8.42. The van der Waals surface area contributed by atoms with Crippen molar-refractivity contribution in [3.05, 3.63) is 95.1 Å². The Morgan fingerprint density at radius 3 is 1.43 bits per heavy atom. The number of hydrogen-bond donors (Lipinski definition) is 0. The van der Waals surface area contributed by atoms with E-state index in [4.69, 9.17) is 0 Å². The molecule has 0 saturated heterocycles. The fraction of sp³-hybridized carbons (Fsp3) is 0.148. The van der Waals surface area contributed by atoms with Gasteiger partial charge in [0.2, 0.25) is 0 Å². The summed E-state index contributed by atoms with van der Waals surface area (Å²) < 4.78 is 0. The van der Waals surface area contributed by atoms with Crippen LogP contribution in [0, 0.1) is 13.8 Å². The molecule has 0 aliphatic carbocycles. The van der Waals surface area contributed by atoms with Crippen molar-refractivity contribution in [3.8, 4) is 0 Å². The zero-order valence-electron chi connectivity index (χ0n) is 17.3. The van der Waals surface area contributed by atoms with Crippen molar-refractivity contribution in [1.82, 2.24) is 0 Å². The number of rotatable bonds is 2. The Bertz CT molecular complexity index is 998. The molecule has 0 heterocycles. The standard InChI is InChI=1S/2C13H13.CH2.Ti/c2*1-3-5-11-8-12-7-4-6-10(2)13(12)9-11;;/h2*3-9H,1-2H3;1H2;/q2*-1;;+2. The number of benzene rings is 2. The molecule has 0 amide bonds. The number of aryl methyl sites for hydroxylation is 2. The second kappa shape index (κ2) is 10.9. The van der Waals surface area contributed by atoms with Crippen LogP contribution >= 0.6 is 0 Å². The maximum absolute atomic E-state index is 3.25. The monoisotopic (exact) mass is 400 g/mol. The van der Waals surface area contributed by atoms with Gasteiger partial charge in [-0.15, -0.1) is 93.4 Å². The summed E-state index contributed by atoms with van der Waals surface area (Å²) in [7, 11) is 0. The van der Waals surface area contributed by atoms with Gasteiger partial charge in [-0.25, -0.2) is 0 Å². The topological polar surface area (TPSA) is 0 Å². The quantitative estimate of drug-likeness (QED) is 0.238. The summed E-state index contributed by atoms with van der Waals surface area (Å²) in [5.74, 6) is 0. The van der Waals surface area contributed by atoms with Crippen molar-refractivity contribution in [3.63, 3.8) is 0 Å². The first-order valence-corrected chi connectivity index (χ1v) is 10.7. The van der Waals surface area contributed by atoms with E-state index in [9.17, 15) is 0 Å². The molecule has 28 heavy (non-hydrogen) atoms. The minimum atomic E-state index is 1.30. The Kier molecular flexibility index (Phi) is 8.57. The van der Waals surface area contributed by atoms with Gasteiger partial charge in [0.1, 0.15) is 0 Å². The summed E-state index contributed by atoms with van der Waals surface area (Å²) >= 11 is 1.75. The molecule has 0 N–H and O–H groups in total. The molecule has 0 aromatic heterocycles. The molecular formula is C27H28Ti. The molecule has 0 aliphatic heterocycles. The van der Waals surface area contributed by atoms with E-state index in [-0.39, 0.29) is 0 Å². The van der Waals surface area contributed by atoms with Crippen LogP contribution in [-0.2, 0) is 20.0 Å². The van der Waals surface area contributed by atoms with Crippen molar-refractivity contribution in [2.45, 2.75) is 27.7 Å². The third kappa shape index (κ3) is 5.38. The first kappa shape index (κ1) is 22.0. The molecule has 4 aromatic carbocycles. The summed E-state index contributed by atoms with van der Waals surface area (Å²) in [6, 6.07) is 21.8. The first-order chi connectivity index (χ1) is 13.6.